The molecule has 0 aromatic rings. The van der Waals surface area contributed by atoms with E-state index in [1.54, 1.807) is 6.92 Å². The zero-order chi connectivity index (χ0) is 11.9. The lowest BCUT2D eigenvalue weighted by molar-refractivity contribution is -0.137. The lowest BCUT2D eigenvalue weighted by Crippen LogP contribution is -2.33. The van der Waals surface area contributed by atoms with E-state index in [-0.39, 0.29) is 18.6 Å². The van der Waals surface area contributed by atoms with E-state index in [2.05, 4.69) is 0 Å². The van der Waals surface area contributed by atoms with Crippen molar-refractivity contribution in [2.45, 2.75) is 33.1 Å². The summed E-state index contributed by atoms with van der Waals surface area (Å²) in [4.78, 5) is 10.2. The van der Waals surface area contributed by atoms with Crippen molar-refractivity contribution in [3.63, 3.8) is 0 Å². The van der Waals surface area contributed by atoms with Crippen molar-refractivity contribution in [1.29, 1.82) is 0 Å². The van der Waals surface area contributed by atoms with Gasteiger partial charge in [-0.15, -0.1) is 0 Å². The Morgan fingerprint density at radius 1 is 1.33 bits per heavy atom. The number of carbonyl (C=O) groups is 1. The molecule has 0 aliphatic rings. The molecular weight excluding hydrogens is 218 g/mol. The highest BCUT2D eigenvalue weighted by atomic mass is 32.2. The summed E-state index contributed by atoms with van der Waals surface area (Å²) >= 11 is 0. The van der Waals surface area contributed by atoms with E-state index in [0.29, 0.717) is 13.1 Å². The Morgan fingerprint density at radius 2 is 1.93 bits per heavy atom. The third kappa shape index (κ3) is 5.74. The van der Waals surface area contributed by atoms with E-state index in [9.17, 15) is 13.2 Å². The van der Waals surface area contributed by atoms with Gasteiger partial charge < -0.3 is 5.11 Å². The van der Waals surface area contributed by atoms with Crippen LogP contribution in [0.25, 0.3) is 0 Å². The van der Waals surface area contributed by atoms with Crippen LogP contribution in [0.15, 0.2) is 0 Å². The van der Waals surface area contributed by atoms with Gasteiger partial charge in [0.25, 0.3) is 0 Å². The van der Waals surface area contributed by atoms with Crippen molar-refractivity contribution >= 4 is 16.0 Å². The van der Waals surface area contributed by atoms with Gasteiger partial charge in [0.15, 0.2) is 0 Å². The second kappa shape index (κ2) is 6.79. The number of rotatable bonds is 8. The number of hydrogen-bond acceptors (Lipinski definition) is 3. The molecule has 0 aliphatic heterocycles. The molecule has 90 valence electrons. The highest BCUT2D eigenvalue weighted by molar-refractivity contribution is 7.89. The summed E-state index contributed by atoms with van der Waals surface area (Å²) < 4.78 is 24.7. The number of aliphatic carboxylic acids is 1. The van der Waals surface area contributed by atoms with Crippen molar-refractivity contribution in [2.75, 3.05) is 18.8 Å². The number of sulfonamides is 1. The fraction of sp³-hybridized carbons (Fsp3) is 0.889. The third-order valence-corrected chi connectivity index (χ3v) is 4.04. The SMILES string of the molecule is CCCN(CC)S(=O)(=O)CCCC(=O)O. The predicted octanol–water partition coefficient (Wildman–Crippen LogP) is 0.913. The van der Waals surface area contributed by atoms with E-state index >= 15 is 0 Å². The quantitative estimate of drug-likeness (QED) is 0.681. The molecule has 0 atom stereocenters. The van der Waals surface area contributed by atoms with Crippen molar-refractivity contribution < 1.29 is 18.3 Å². The lowest BCUT2D eigenvalue weighted by Gasteiger charge is -2.19. The van der Waals surface area contributed by atoms with Gasteiger partial charge in [-0.1, -0.05) is 13.8 Å². The van der Waals surface area contributed by atoms with Crippen LogP contribution in [0.2, 0.25) is 0 Å². The van der Waals surface area contributed by atoms with Crippen LogP contribution in [0, 0.1) is 0 Å². The standard InChI is InChI=1S/C9H19NO4S/c1-3-7-10(4-2)15(13,14)8-5-6-9(11)12/h3-8H2,1-2H3,(H,11,12). The smallest absolute Gasteiger partial charge is 0.303 e. The molecule has 5 nitrogen and oxygen atoms in total. The second-order valence-electron chi connectivity index (χ2n) is 3.30. The molecule has 0 aromatic heterocycles. The van der Waals surface area contributed by atoms with E-state index in [1.807, 2.05) is 6.92 Å². The molecule has 0 saturated heterocycles. The maximum atomic E-state index is 11.7. The molecule has 0 spiro atoms. The number of carboxylic acids is 1. The molecule has 0 aromatic carbocycles. The molecule has 0 fully saturated rings. The highest BCUT2D eigenvalue weighted by Gasteiger charge is 2.19. The van der Waals surface area contributed by atoms with Crippen LogP contribution in [0.3, 0.4) is 0 Å². The molecule has 0 radical (unpaired) electrons. The fourth-order valence-electron chi connectivity index (χ4n) is 1.28. The predicted molar refractivity (Wildman–Crippen MR) is 58.2 cm³/mol. The van der Waals surface area contributed by atoms with Gasteiger partial charge in [0.2, 0.25) is 10.0 Å². The maximum absolute atomic E-state index is 11.7. The summed E-state index contributed by atoms with van der Waals surface area (Å²) in [5.41, 5.74) is 0. The van der Waals surface area contributed by atoms with Crippen molar-refractivity contribution in [1.82, 2.24) is 4.31 Å². The van der Waals surface area contributed by atoms with Gasteiger partial charge in [-0.05, 0) is 12.8 Å². The van der Waals surface area contributed by atoms with Gasteiger partial charge >= 0.3 is 5.97 Å². The van der Waals surface area contributed by atoms with Gasteiger partial charge in [-0.2, -0.15) is 0 Å². The Balaban J connectivity index is 4.20. The monoisotopic (exact) mass is 237 g/mol. The zero-order valence-corrected chi connectivity index (χ0v) is 10.1. The van der Waals surface area contributed by atoms with Crippen LogP contribution < -0.4 is 0 Å². The minimum atomic E-state index is -3.26. The zero-order valence-electron chi connectivity index (χ0n) is 9.27. The molecule has 0 rings (SSSR count). The van der Waals surface area contributed by atoms with Crippen LogP contribution in [0.4, 0.5) is 0 Å². The molecule has 1 N–H and O–H groups in total. The Kier molecular flexibility index (Phi) is 6.51. The first-order valence-electron chi connectivity index (χ1n) is 5.13. The summed E-state index contributed by atoms with van der Waals surface area (Å²) in [5, 5.41) is 8.40. The van der Waals surface area contributed by atoms with E-state index < -0.39 is 16.0 Å². The molecule has 0 saturated carbocycles. The lowest BCUT2D eigenvalue weighted by atomic mass is 10.3. The van der Waals surface area contributed by atoms with Gasteiger partial charge in [-0.3, -0.25) is 4.79 Å². The third-order valence-electron chi connectivity index (χ3n) is 2.01. The van der Waals surface area contributed by atoms with E-state index in [0.717, 1.165) is 6.42 Å². The van der Waals surface area contributed by atoms with Crippen molar-refractivity contribution in [3.8, 4) is 0 Å². The molecule has 0 amide bonds. The average molecular weight is 237 g/mol. The minimum Gasteiger partial charge on any atom is -0.481 e. The first kappa shape index (κ1) is 14.4. The molecule has 0 unspecified atom stereocenters. The van der Waals surface area contributed by atoms with Crippen molar-refractivity contribution in [3.05, 3.63) is 0 Å². The van der Waals surface area contributed by atoms with Crippen LogP contribution in [-0.2, 0) is 14.8 Å². The summed E-state index contributed by atoms with van der Waals surface area (Å²) in [6.07, 6.45) is 0.854. The minimum absolute atomic E-state index is 0.0763. The van der Waals surface area contributed by atoms with Crippen LogP contribution >= 0.6 is 0 Å². The van der Waals surface area contributed by atoms with Gasteiger partial charge in [0.1, 0.15) is 0 Å². The van der Waals surface area contributed by atoms with E-state index in [1.165, 1.54) is 4.31 Å². The molecule has 0 heterocycles. The van der Waals surface area contributed by atoms with E-state index in [4.69, 9.17) is 5.11 Å². The van der Waals surface area contributed by atoms with Crippen LogP contribution in [-0.4, -0.2) is 42.6 Å². The summed E-state index contributed by atoms with van der Waals surface area (Å²) in [6.45, 7) is 4.65. The first-order valence-corrected chi connectivity index (χ1v) is 6.74. The summed E-state index contributed by atoms with van der Waals surface area (Å²) in [5.74, 6) is -1.03. The molecular formula is C9H19NO4S. The largest absolute Gasteiger partial charge is 0.481 e. The molecule has 15 heavy (non-hydrogen) atoms. The Labute approximate surface area is 91.1 Å². The normalized spacial score (nSPS) is 11.9. The topological polar surface area (TPSA) is 74.7 Å². The van der Waals surface area contributed by atoms with Gasteiger partial charge in [0.05, 0.1) is 5.75 Å². The Morgan fingerprint density at radius 3 is 2.33 bits per heavy atom. The summed E-state index contributed by atoms with van der Waals surface area (Å²) in [6, 6.07) is 0. The van der Waals surface area contributed by atoms with Gasteiger partial charge in [-0.25, -0.2) is 12.7 Å². The van der Waals surface area contributed by atoms with Crippen LogP contribution in [0.5, 0.6) is 0 Å². The van der Waals surface area contributed by atoms with Crippen LogP contribution in [0.1, 0.15) is 33.1 Å². The Hall–Kier alpha value is -0.620. The number of carboxylic acid groups (broad SMARTS) is 1. The average Bonchev–Trinajstić information content (AvgIpc) is 2.12. The number of hydrogen-bond donors (Lipinski definition) is 1. The van der Waals surface area contributed by atoms with Crippen molar-refractivity contribution in [2.24, 2.45) is 0 Å². The number of nitrogens with zero attached hydrogens (tertiary/aromatic N) is 1. The second-order valence-corrected chi connectivity index (χ2v) is 5.39. The maximum Gasteiger partial charge on any atom is 0.303 e. The molecule has 0 bridgehead atoms. The van der Waals surface area contributed by atoms with Gasteiger partial charge in [0, 0.05) is 19.5 Å². The Bertz CT molecular complexity index is 286. The fourth-order valence-corrected chi connectivity index (χ4v) is 2.90. The molecule has 0 aliphatic carbocycles. The summed E-state index contributed by atoms with van der Waals surface area (Å²) in [7, 11) is -3.26. The highest BCUT2D eigenvalue weighted by Crippen LogP contribution is 2.05. The molecule has 6 heteroatoms. The first-order chi connectivity index (χ1) is 6.94.